The highest BCUT2D eigenvalue weighted by atomic mass is 16.5. The summed E-state index contributed by atoms with van der Waals surface area (Å²) >= 11 is 0. The van der Waals surface area contributed by atoms with Gasteiger partial charge in [0.2, 0.25) is 0 Å². The van der Waals surface area contributed by atoms with Crippen molar-refractivity contribution in [2.75, 3.05) is 6.54 Å². The smallest absolute Gasteiger partial charge is 0.163 e. The van der Waals surface area contributed by atoms with E-state index < -0.39 is 23.7 Å². The number of Topliss-reactive ketones (excluding diaryl/α,β-unsaturated/α-hetero) is 1. The molecule has 6 nitrogen and oxygen atoms in total. The lowest BCUT2D eigenvalue weighted by Crippen LogP contribution is -2.60. The quantitative estimate of drug-likeness (QED) is 0.443. The van der Waals surface area contributed by atoms with Gasteiger partial charge in [-0.05, 0) is 81.2 Å². The van der Waals surface area contributed by atoms with Gasteiger partial charge in [-0.2, -0.15) is 0 Å². The topological polar surface area (TPSA) is 99.0 Å². The van der Waals surface area contributed by atoms with Crippen molar-refractivity contribution in [1.82, 2.24) is 5.32 Å². The van der Waals surface area contributed by atoms with Crippen molar-refractivity contribution in [3.8, 4) is 0 Å². The van der Waals surface area contributed by atoms with Crippen LogP contribution in [0.4, 0.5) is 0 Å². The Morgan fingerprint density at radius 1 is 1.09 bits per heavy atom. The van der Waals surface area contributed by atoms with Crippen LogP contribution in [-0.4, -0.2) is 63.7 Å². The van der Waals surface area contributed by atoms with E-state index in [0.717, 1.165) is 37.0 Å². The number of carbonyl (C=O) groups is 1. The maximum absolute atomic E-state index is 14.2. The number of carbonyl (C=O) groups excluding carboxylic acids is 1. The molecular weight excluding hydrogens is 418 g/mol. The lowest BCUT2D eigenvalue weighted by Gasteiger charge is -2.56. The van der Waals surface area contributed by atoms with Gasteiger partial charge in [-0.3, -0.25) is 4.79 Å². The molecular formula is C27H41NO5. The molecule has 4 N–H and O–H groups in total. The Kier molecular flexibility index (Phi) is 5.05. The minimum atomic E-state index is -0.775. The van der Waals surface area contributed by atoms with Crippen molar-refractivity contribution in [1.29, 1.82) is 0 Å². The van der Waals surface area contributed by atoms with Crippen LogP contribution in [0.5, 0.6) is 0 Å². The summed E-state index contributed by atoms with van der Waals surface area (Å²) in [6.45, 7) is 9.71. The van der Waals surface area contributed by atoms with Crippen molar-refractivity contribution in [3.05, 3.63) is 11.1 Å². The summed E-state index contributed by atoms with van der Waals surface area (Å²) in [5, 5.41) is 36.3. The van der Waals surface area contributed by atoms with E-state index in [9.17, 15) is 20.1 Å². The molecule has 6 rings (SSSR count). The summed E-state index contributed by atoms with van der Waals surface area (Å²) in [5.74, 6) is 0.771. The first-order valence-corrected chi connectivity index (χ1v) is 13.3. The molecule has 6 aliphatic rings. The molecule has 0 radical (unpaired) electrons. The first-order valence-electron chi connectivity index (χ1n) is 13.3. The van der Waals surface area contributed by atoms with E-state index in [0.29, 0.717) is 30.7 Å². The number of nitrogens with one attached hydrogen (secondary N) is 1. The molecule has 4 aliphatic carbocycles. The molecule has 0 bridgehead atoms. The second kappa shape index (κ2) is 7.36. The second-order valence-corrected chi connectivity index (χ2v) is 12.7. The van der Waals surface area contributed by atoms with Crippen molar-refractivity contribution in [3.63, 3.8) is 0 Å². The summed E-state index contributed by atoms with van der Waals surface area (Å²) in [7, 11) is 0. The molecule has 2 heterocycles. The molecule has 5 fully saturated rings. The molecule has 2 aliphatic heterocycles. The molecule has 184 valence electrons. The van der Waals surface area contributed by atoms with E-state index in [2.05, 4.69) is 26.1 Å². The molecule has 0 unspecified atom stereocenters. The lowest BCUT2D eigenvalue weighted by atomic mass is 9.50. The third-order valence-electron chi connectivity index (χ3n) is 11.3. The van der Waals surface area contributed by atoms with Crippen LogP contribution in [0, 0.1) is 40.9 Å². The van der Waals surface area contributed by atoms with Crippen LogP contribution in [0.1, 0.15) is 66.2 Å². The third-order valence-corrected chi connectivity index (χ3v) is 11.3. The maximum atomic E-state index is 14.2. The van der Waals surface area contributed by atoms with Crippen LogP contribution in [0.15, 0.2) is 11.1 Å². The molecule has 3 saturated carbocycles. The van der Waals surface area contributed by atoms with Crippen LogP contribution in [-0.2, 0) is 9.53 Å². The lowest BCUT2D eigenvalue weighted by molar-refractivity contribution is -0.187. The molecule has 2 saturated heterocycles. The van der Waals surface area contributed by atoms with Gasteiger partial charge in [0.15, 0.2) is 5.78 Å². The Bertz CT molecular complexity index is 888. The van der Waals surface area contributed by atoms with Crippen LogP contribution < -0.4 is 5.32 Å². The molecule has 33 heavy (non-hydrogen) atoms. The number of aliphatic hydroxyl groups excluding tert-OH is 3. The van der Waals surface area contributed by atoms with Gasteiger partial charge in [-0.1, -0.05) is 20.8 Å². The Morgan fingerprint density at radius 3 is 2.61 bits per heavy atom. The summed E-state index contributed by atoms with van der Waals surface area (Å²) in [6, 6.07) is 0.331. The predicted molar refractivity (Wildman–Crippen MR) is 123 cm³/mol. The predicted octanol–water partition coefficient (Wildman–Crippen LogP) is 2.20. The summed E-state index contributed by atoms with van der Waals surface area (Å²) in [4.78, 5) is 14.2. The van der Waals surface area contributed by atoms with Crippen molar-refractivity contribution in [2.24, 2.45) is 40.9 Å². The first-order chi connectivity index (χ1) is 15.6. The number of rotatable bonds is 0. The molecule has 0 aromatic carbocycles. The fourth-order valence-electron chi connectivity index (χ4n) is 9.60. The van der Waals surface area contributed by atoms with Crippen LogP contribution >= 0.6 is 0 Å². The van der Waals surface area contributed by atoms with E-state index >= 15 is 0 Å². The van der Waals surface area contributed by atoms with Crippen LogP contribution in [0.3, 0.4) is 0 Å². The third kappa shape index (κ3) is 2.82. The Morgan fingerprint density at radius 2 is 1.85 bits per heavy atom. The van der Waals surface area contributed by atoms with Crippen molar-refractivity contribution < 1.29 is 24.9 Å². The SMILES string of the molecule is CC1=C2C(=O)[C@H]3[C@@H](C[C@H](O)[C@@H]4C[C@H](O)C[C@@H](O)[C@@]43C)[C@@H]2CC[C@]12O[C@@H]1C[C@H](C)CN[C@H]1[C@H]2C. The maximum Gasteiger partial charge on any atom is 0.163 e. The number of ketones is 1. The number of fused-ring (bicyclic) bond motifs is 6. The molecule has 0 amide bonds. The molecule has 1 spiro atoms. The summed E-state index contributed by atoms with van der Waals surface area (Å²) < 4.78 is 6.88. The van der Waals surface area contributed by atoms with Gasteiger partial charge in [0.05, 0.1) is 30.0 Å². The number of aliphatic hydroxyl groups is 3. The van der Waals surface area contributed by atoms with E-state index in [4.69, 9.17) is 4.74 Å². The largest absolute Gasteiger partial charge is 0.393 e. The molecule has 13 atom stereocenters. The highest BCUT2D eigenvalue weighted by Gasteiger charge is 2.67. The van der Waals surface area contributed by atoms with E-state index in [1.807, 2.05) is 6.92 Å². The molecule has 6 heteroatoms. The van der Waals surface area contributed by atoms with Gasteiger partial charge in [-0.25, -0.2) is 0 Å². The van der Waals surface area contributed by atoms with Gasteiger partial charge in [0, 0.05) is 28.9 Å². The number of ether oxygens (including phenoxy) is 1. The fourth-order valence-corrected chi connectivity index (χ4v) is 9.60. The average Bonchev–Trinajstić information content (AvgIpc) is 3.19. The summed E-state index contributed by atoms with van der Waals surface area (Å²) in [5.41, 5.74) is 0.988. The van der Waals surface area contributed by atoms with Gasteiger partial charge in [0.1, 0.15) is 0 Å². The van der Waals surface area contributed by atoms with Gasteiger partial charge >= 0.3 is 0 Å². The standard InChI is InChI=1S/C27H41NO5/c1-12-7-20-24(28-11-12)14(3)27(33-20)6-5-16-17-10-19(30)18-8-15(29)9-21(31)26(18,4)23(17)25(32)22(16)13(27)2/h12,14-21,23-24,28-31H,5-11H2,1-4H3/t12-,14+,15-,16-,17-,18-,19-,20+,21+,23+,24-,26+,27-/m0/s1. The number of hydrogen-bond donors (Lipinski definition) is 4. The minimum Gasteiger partial charge on any atom is -0.393 e. The number of piperidine rings is 1. The highest BCUT2D eigenvalue weighted by molar-refractivity contribution is 6.02. The van der Waals surface area contributed by atoms with Gasteiger partial charge < -0.3 is 25.4 Å². The van der Waals surface area contributed by atoms with Crippen molar-refractivity contribution in [2.45, 2.75) is 102 Å². The Balaban J connectivity index is 1.41. The fraction of sp³-hybridized carbons (Fsp3) is 0.889. The van der Waals surface area contributed by atoms with E-state index in [-0.39, 0.29) is 47.6 Å². The zero-order valence-corrected chi connectivity index (χ0v) is 20.5. The molecule has 0 aromatic heterocycles. The van der Waals surface area contributed by atoms with Gasteiger partial charge in [-0.15, -0.1) is 0 Å². The normalized spacial score (nSPS) is 58.2. The summed E-state index contributed by atoms with van der Waals surface area (Å²) in [6.07, 6.45) is 2.46. The highest BCUT2D eigenvalue weighted by Crippen LogP contribution is 2.65. The zero-order valence-electron chi connectivity index (χ0n) is 20.5. The number of hydrogen-bond acceptors (Lipinski definition) is 6. The van der Waals surface area contributed by atoms with Crippen LogP contribution in [0.25, 0.3) is 0 Å². The second-order valence-electron chi connectivity index (χ2n) is 12.7. The Hall–Kier alpha value is -0.790. The number of allylic oxidation sites excluding steroid dienone is 1. The zero-order chi connectivity index (χ0) is 23.4. The Labute approximate surface area is 197 Å². The monoisotopic (exact) mass is 459 g/mol. The van der Waals surface area contributed by atoms with Crippen molar-refractivity contribution >= 4 is 5.78 Å². The van der Waals surface area contributed by atoms with Crippen LogP contribution in [0.2, 0.25) is 0 Å². The first kappa shape index (κ1) is 22.7. The molecule has 0 aromatic rings. The van der Waals surface area contributed by atoms with E-state index in [1.165, 1.54) is 0 Å². The minimum absolute atomic E-state index is 0.0677. The average molecular weight is 460 g/mol. The van der Waals surface area contributed by atoms with Gasteiger partial charge in [0.25, 0.3) is 0 Å². The van der Waals surface area contributed by atoms with E-state index in [1.54, 1.807) is 0 Å².